The number of nitrogens with two attached hydrogens (primary N) is 1. The Morgan fingerprint density at radius 1 is 0.969 bits per heavy atom. The third-order valence-corrected chi connectivity index (χ3v) is 6.01. The number of hydrogen-bond donors (Lipinski definition) is 1. The molecule has 0 saturated carbocycles. The Morgan fingerprint density at radius 2 is 1.81 bits per heavy atom. The standard InChI is InChI=1S/C26H20ClNO3S/c27-21-10-11-24(30-17-19-5-2-1-3-6-19)23(16-21)22-13-14-32-26(22)20-8-4-7-18(15-20)9-12-25(29)31-28/h1-16H,17,28H2/b12-9+. The van der Waals surface area contributed by atoms with Crippen LogP contribution in [0.4, 0.5) is 0 Å². The third kappa shape index (κ3) is 5.26. The number of thiophene rings is 1. The first-order valence-corrected chi connectivity index (χ1v) is 11.1. The summed E-state index contributed by atoms with van der Waals surface area (Å²) in [4.78, 5) is 16.6. The van der Waals surface area contributed by atoms with E-state index in [9.17, 15) is 4.79 Å². The van der Waals surface area contributed by atoms with E-state index in [0.29, 0.717) is 11.6 Å². The lowest BCUT2D eigenvalue weighted by molar-refractivity contribution is -0.138. The Morgan fingerprint density at radius 3 is 2.62 bits per heavy atom. The number of hydrogen-bond acceptors (Lipinski definition) is 5. The number of benzene rings is 3. The van der Waals surface area contributed by atoms with Gasteiger partial charge in [-0.15, -0.1) is 11.3 Å². The van der Waals surface area contributed by atoms with Crippen molar-refractivity contribution in [1.82, 2.24) is 0 Å². The highest BCUT2D eigenvalue weighted by atomic mass is 35.5. The quantitative estimate of drug-likeness (QED) is 0.244. The summed E-state index contributed by atoms with van der Waals surface area (Å²) in [6.07, 6.45) is 2.96. The van der Waals surface area contributed by atoms with Gasteiger partial charge in [0.2, 0.25) is 0 Å². The molecule has 32 heavy (non-hydrogen) atoms. The molecule has 4 rings (SSSR count). The second kappa shape index (κ2) is 10.3. The van der Waals surface area contributed by atoms with Crippen LogP contribution in [-0.2, 0) is 16.2 Å². The average Bonchev–Trinajstić information content (AvgIpc) is 3.32. The number of halogens is 1. The number of ether oxygens (including phenoxy) is 1. The van der Waals surface area contributed by atoms with Crippen molar-refractivity contribution in [2.24, 2.45) is 5.90 Å². The zero-order valence-corrected chi connectivity index (χ0v) is 18.6. The Kier molecular flexibility index (Phi) is 7.02. The van der Waals surface area contributed by atoms with Crippen molar-refractivity contribution < 1.29 is 14.4 Å². The predicted octanol–water partition coefficient (Wildman–Crippen LogP) is 6.74. The molecule has 3 aromatic carbocycles. The van der Waals surface area contributed by atoms with Crippen LogP contribution >= 0.6 is 22.9 Å². The van der Waals surface area contributed by atoms with Crippen LogP contribution in [0.5, 0.6) is 5.75 Å². The first-order valence-electron chi connectivity index (χ1n) is 9.87. The van der Waals surface area contributed by atoms with Crippen LogP contribution in [0.2, 0.25) is 5.02 Å². The van der Waals surface area contributed by atoms with E-state index in [2.05, 4.69) is 10.9 Å². The first kappa shape index (κ1) is 21.8. The number of carbonyl (C=O) groups excluding carboxylic acids is 1. The molecule has 1 aromatic heterocycles. The fourth-order valence-corrected chi connectivity index (χ4v) is 4.39. The van der Waals surface area contributed by atoms with Crippen molar-refractivity contribution in [3.8, 4) is 27.3 Å². The van der Waals surface area contributed by atoms with Crippen LogP contribution in [-0.4, -0.2) is 5.97 Å². The van der Waals surface area contributed by atoms with Gasteiger partial charge in [-0.2, -0.15) is 5.90 Å². The van der Waals surface area contributed by atoms with E-state index in [1.54, 1.807) is 17.4 Å². The third-order valence-electron chi connectivity index (χ3n) is 4.81. The fourth-order valence-electron chi connectivity index (χ4n) is 3.31. The molecule has 0 unspecified atom stereocenters. The zero-order valence-electron chi connectivity index (χ0n) is 17.0. The molecular formula is C26H20ClNO3S. The van der Waals surface area contributed by atoms with Gasteiger partial charge in [-0.05, 0) is 58.5 Å². The molecular weight excluding hydrogens is 442 g/mol. The molecule has 0 spiro atoms. The van der Waals surface area contributed by atoms with E-state index in [0.717, 1.165) is 38.4 Å². The maximum absolute atomic E-state index is 11.3. The highest BCUT2D eigenvalue weighted by molar-refractivity contribution is 7.14. The van der Waals surface area contributed by atoms with Gasteiger partial charge in [0.1, 0.15) is 12.4 Å². The predicted molar refractivity (Wildman–Crippen MR) is 130 cm³/mol. The summed E-state index contributed by atoms with van der Waals surface area (Å²) in [6, 6.07) is 25.6. The minimum absolute atomic E-state index is 0.465. The molecule has 1 heterocycles. The second-order valence-electron chi connectivity index (χ2n) is 6.97. The Balaban J connectivity index is 1.67. The van der Waals surface area contributed by atoms with E-state index in [1.807, 2.05) is 78.2 Å². The van der Waals surface area contributed by atoms with Crippen molar-refractivity contribution >= 4 is 35.0 Å². The maximum Gasteiger partial charge on any atom is 0.349 e. The molecule has 0 aliphatic carbocycles. The van der Waals surface area contributed by atoms with Gasteiger partial charge in [-0.1, -0.05) is 60.1 Å². The van der Waals surface area contributed by atoms with Crippen LogP contribution in [0.1, 0.15) is 11.1 Å². The van der Waals surface area contributed by atoms with Crippen molar-refractivity contribution in [3.63, 3.8) is 0 Å². The molecule has 0 aliphatic heterocycles. The van der Waals surface area contributed by atoms with Gasteiger partial charge in [0.25, 0.3) is 0 Å². The van der Waals surface area contributed by atoms with E-state index in [-0.39, 0.29) is 0 Å². The molecule has 2 N–H and O–H groups in total. The fraction of sp³-hybridized carbons (Fsp3) is 0.0385. The molecule has 6 heteroatoms. The van der Waals surface area contributed by atoms with Crippen LogP contribution < -0.4 is 10.6 Å². The molecule has 0 aliphatic rings. The minimum Gasteiger partial charge on any atom is -0.488 e. The summed E-state index contributed by atoms with van der Waals surface area (Å²) in [7, 11) is 0. The second-order valence-corrected chi connectivity index (χ2v) is 8.33. The lowest BCUT2D eigenvalue weighted by Crippen LogP contribution is -2.05. The highest BCUT2D eigenvalue weighted by Gasteiger charge is 2.15. The van der Waals surface area contributed by atoms with Crippen LogP contribution in [0.3, 0.4) is 0 Å². The minimum atomic E-state index is -0.605. The normalized spacial score (nSPS) is 10.9. The lowest BCUT2D eigenvalue weighted by Gasteiger charge is -2.13. The molecule has 0 fully saturated rings. The summed E-state index contributed by atoms with van der Waals surface area (Å²) in [5.74, 6) is 5.05. The first-order chi connectivity index (χ1) is 15.6. The molecule has 0 bridgehead atoms. The molecule has 160 valence electrons. The molecule has 0 amide bonds. The van der Waals surface area contributed by atoms with Gasteiger partial charge in [-0.25, -0.2) is 4.79 Å². The van der Waals surface area contributed by atoms with Crippen LogP contribution in [0, 0.1) is 0 Å². The molecule has 0 saturated heterocycles. The monoisotopic (exact) mass is 461 g/mol. The Bertz CT molecular complexity index is 1250. The SMILES string of the molecule is NOC(=O)/C=C/c1cccc(-c2sccc2-c2cc(Cl)ccc2OCc2ccccc2)c1. The molecule has 0 radical (unpaired) electrons. The zero-order chi connectivity index (χ0) is 22.3. The van der Waals surface area contributed by atoms with Gasteiger partial charge in [0.05, 0.1) is 0 Å². The van der Waals surface area contributed by atoms with E-state index < -0.39 is 5.97 Å². The summed E-state index contributed by atoms with van der Waals surface area (Å²) in [5.41, 5.74) is 4.93. The van der Waals surface area contributed by atoms with Crippen molar-refractivity contribution in [2.75, 3.05) is 0 Å². The summed E-state index contributed by atoms with van der Waals surface area (Å²) in [6.45, 7) is 0.465. The van der Waals surface area contributed by atoms with E-state index in [4.69, 9.17) is 22.2 Å². The van der Waals surface area contributed by atoms with Crippen molar-refractivity contribution in [1.29, 1.82) is 0 Å². The van der Waals surface area contributed by atoms with Crippen molar-refractivity contribution in [2.45, 2.75) is 6.61 Å². The Labute approximate surface area is 195 Å². The van der Waals surface area contributed by atoms with Gasteiger partial charge < -0.3 is 9.57 Å². The van der Waals surface area contributed by atoms with Crippen LogP contribution in [0.25, 0.3) is 27.6 Å². The van der Waals surface area contributed by atoms with Crippen LogP contribution in [0.15, 0.2) is 90.3 Å². The maximum atomic E-state index is 11.3. The smallest absolute Gasteiger partial charge is 0.349 e. The van der Waals surface area contributed by atoms with Crippen molar-refractivity contribution in [3.05, 3.63) is 106 Å². The number of carbonyl (C=O) groups is 1. The molecule has 4 aromatic rings. The summed E-state index contributed by atoms with van der Waals surface area (Å²) < 4.78 is 6.17. The molecule has 0 atom stereocenters. The van der Waals surface area contributed by atoms with E-state index in [1.165, 1.54) is 6.08 Å². The summed E-state index contributed by atoms with van der Waals surface area (Å²) >= 11 is 7.97. The average molecular weight is 462 g/mol. The van der Waals surface area contributed by atoms with Gasteiger partial charge in [-0.3, -0.25) is 0 Å². The summed E-state index contributed by atoms with van der Waals surface area (Å²) in [5, 5.41) is 2.68. The number of rotatable bonds is 7. The largest absolute Gasteiger partial charge is 0.488 e. The molecule has 4 nitrogen and oxygen atoms in total. The van der Waals surface area contributed by atoms with Gasteiger partial charge in [0.15, 0.2) is 0 Å². The van der Waals surface area contributed by atoms with Gasteiger partial charge in [0, 0.05) is 27.1 Å². The van der Waals surface area contributed by atoms with E-state index >= 15 is 0 Å². The van der Waals surface area contributed by atoms with Gasteiger partial charge >= 0.3 is 5.97 Å². The topological polar surface area (TPSA) is 61.5 Å². The highest BCUT2D eigenvalue weighted by Crippen LogP contribution is 2.42. The Hall–Kier alpha value is -3.38. The lowest BCUT2D eigenvalue weighted by atomic mass is 10.0.